The fourth-order valence-electron chi connectivity index (χ4n) is 1.99. The molecule has 4 heteroatoms. The summed E-state index contributed by atoms with van der Waals surface area (Å²) in [5.41, 5.74) is 0.788. The van der Waals surface area contributed by atoms with Gasteiger partial charge in [0.1, 0.15) is 5.82 Å². The average molecular weight is 331 g/mol. The van der Waals surface area contributed by atoms with Gasteiger partial charge in [-0.25, -0.2) is 4.39 Å². The molecule has 0 aliphatic heterocycles. The summed E-state index contributed by atoms with van der Waals surface area (Å²) in [6, 6.07) is 5.65. The molecule has 0 heterocycles. The van der Waals surface area contributed by atoms with Crippen molar-refractivity contribution in [3.63, 3.8) is 0 Å². The third-order valence-corrected chi connectivity index (χ3v) is 3.58. The van der Waals surface area contributed by atoms with E-state index in [1.54, 1.807) is 0 Å². The van der Waals surface area contributed by atoms with E-state index in [-0.39, 0.29) is 5.82 Å². The minimum Gasteiger partial charge on any atom is -0.314 e. The van der Waals surface area contributed by atoms with Crippen LogP contribution in [0, 0.1) is 5.82 Å². The quantitative estimate of drug-likeness (QED) is 0.785. The first-order valence-corrected chi connectivity index (χ1v) is 7.64. The van der Waals surface area contributed by atoms with E-state index in [9.17, 15) is 4.39 Å². The second-order valence-corrected chi connectivity index (χ2v) is 6.10. The summed E-state index contributed by atoms with van der Waals surface area (Å²) in [6.07, 6.45) is 2.87. The molecule has 1 rings (SSSR count). The number of nitrogens with zero attached hydrogens (tertiary/aromatic N) is 1. The predicted octanol–water partition coefficient (Wildman–Crippen LogP) is 3.45. The summed E-state index contributed by atoms with van der Waals surface area (Å²) in [5, 5.41) is 3.51. The van der Waals surface area contributed by atoms with Crippen LogP contribution in [-0.2, 0) is 6.42 Å². The molecule has 1 unspecified atom stereocenters. The zero-order chi connectivity index (χ0) is 14.3. The van der Waals surface area contributed by atoms with E-state index < -0.39 is 0 Å². The first kappa shape index (κ1) is 16.6. The van der Waals surface area contributed by atoms with Gasteiger partial charge in [-0.1, -0.05) is 28.9 Å². The maximum Gasteiger partial charge on any atom is 0.127 e. The van der Waals surface area contributed by atoms with E-state index in [0.29, 0.717) is 6.04 Å². The molecule has 0 amide bonds. The van der Waals surface area contributed by atoms with Gasteiger partial charge >= 0.3 is 0 Å². The van der Waals surface area contributed by atoms with Gasteiger partial charge in [-0.2, -0.15) is 0 Å². The van der Waals surface area contributed by atoms with Crippen LogP contribution in [-0.4, -0.2) is 38.1 Å². The van der Waals surface area contributed by atoms with Crippen LogP contribution in [0.15, 0.2) is 22.7 Å². The van der Waals surface area contributed by atoms with Crippen LogP contribution in [0.5, 0.6) is 0 Å². The molecule has 0 fully saturated rings. The van der Waals surface area contributed by atoms with Crippen LogP contribution >= 0.6 is 15.9 Å². The minimum absolute atomic E-state index is 0.123. The molecule has 0 aromatic heterocycles. The van der Waals surface area contributed by atoms with E-state index in [4.69, 9.17) is 0 Å². The molecule has 1 aromatic carbocycles. The van der Waals surface area contributed by atoms with Crippen molar-refractivity contribution in [3.8, 4) is 0 Å². The molecule has 108 valence electrons. The van der Waals surface area contributed by atoms with Crippen LogP contribution in [0.2, 0.25) is 0 Å². The summed E-state index contributed by atoms with van der Waals surface area (Å²) in [7, 11) is 4.13. The second kappa shape index (κ2) is 8.67. The molecule has 1 aromatic rings. The lowest BCUT2D eigenvalue weighted by molar-refractivity contribution is 0.354. The lowest BCUT2D eigenvalue weighted by atomic mass is 10.0. The van der Waals surface area contributed by atoms with Crippen LogP contribution in [0.1, 0.15) is 25.3 Å². The number of hydrogen-bond donors (Lipinski definition) is 1. The molecule has 19 heavy (non-hydrogen) atoms. The van der Waals surface area contributed by atoms with Crippen molar-refractivity contribution in [2.24, 2.45) is 0 Å². The average Bonchev–Trinajstić information content (AvgIpc) is 2.35. The van der Waals surface area contributed by atoms with Crippen LogP contribution in [0.4, 0.5) is 4.39 Å². The van der Waals surface area contributed by atoms with Gasteiger partial charge in [-0.05, 0) is 64.1 Å². The Labute approximate surface area is 124 Å². The Morgan fingerprint density at radius 3 is 2.68 bits per heavy atom. The van der Waals surface area contributed by atoms with Gasteiger partial charge in [-0.15, -0.1) is 0 Å². The van der Waals surface area contributed by atoms with Gasteiger partial charge in [0.2, 0.25) is 0 Å². The highest BCUT2D eigenvalue weighted by Crippen LogP contribution is 2.17. The smallest absolute Gasteiger partial charge is 0.127 e. The largest absolute Gasteiger partial charge is 0.314 e. The molecule has 0 aliphatic carbocycles. The molecular weight excluding hydrogens is 307 g/mol. The fraction of sp³-hybridized carbons (Fsp3) is 0.600. The Hall–Kier alpha value is -0.450. The highest BCUT2D eigenvalue weighted by molar-refractivity contribution is 9.10. The standard InChI is InChI=1S/C15H24BrFN2/c1-4-8-18-14(7-9-19(2)3)10-12-5-6-13(16)11-15(12)17/h5-6,11,14,18H,4,7-10H2,1-3H3. The van der Waals surface area contributed by atoms with E-state index >= 15 is 0 Å². The molecule has 0 saturated carbocycles. The summed E-state index contributed by atoms with van der Waals surface area (Å²) in [4.78, 5) is 2.17. The monoisotopic (exact) mass is 330 g/mol. The third-order valence-electron chi connectivity index (χ3n) is 3.09. The predicted molar refractivity (Wildman–Crippen MR) is 83.1 cm³/mol. The van der Waals surface area contributed by atoms with Crippen molar-refractivity contribution in [2.75, 3.05) is 27.2 Å². The maximum absolute atomic E-state index is 13.9. The number of rotatable bonds is 8. The number of nitrogens with one attached hydrogen (secondary N) is 1. The lowest BCUT2D eigenvalue weighted by Crippen LogP contribution is -2.35. The molecule has 1 atom stereocenters. The SMILES string of the molecule is CCCNC(CCN(C)C)Cc1ccc(Br)cc1F. The van der Waals surface area contributed by atoms with Gasteiger partial charge in [0, 0.05) is 10.5 Å². The van der Waals surface area contributed by atoms with Crippen molar-refractivity contribution in [3.05, 3.63) is 34.1 Å². The van der Waals surface area contributed by atoms with Gasteiger partial charge in [0.05, 0.1) is 0 Å². The highest BCUT2D eigenvalue weighted by atomic mass is 79.9. The lowest BCUT2D eigenvalue weighted by Gasteiger charge is -2.21. The van der Waals surface area contributed by atoms with E-state index in [1.165, 1.54) is 6.07 Å². The number of benzene rings is 1. The zero-order valence-corrected chi connectivity index (χ0v) is 13.6. The van der Waals surface area contributed by atoms with Crippen molar-refractivity contribution in [2.45, 2.75) is 32.2 Å². The van der Waals surface area contributed by atoms with Crippen molar-refractivity contribution >= 4 is 15.9 Å². The number of halogens is 2. The second-order valence-electron chi connectivity index (χ2n) is 5.18. The van der Waals surface area contributed by atoms with Gasteiger partial charge < -0.3 is 10.2 Å². The van der Waals surface area contributed by atoms with E-state index in [0.717, 1.165) is 42.4 Å². The fourth-order valence-corrected chi connectivity index (χ4v) is 2.32. The third kappa shape index (κ3) is 6.50. The normalized spacial score (nSPS) is 12.9. The first-order valence-electron chi connectivity index (χ1n) is 6.85. The molecule has 0 spiro atoms. The van der Waals surface area contributed by atoms with Gasteiger partial charge in [-0.3, -0.25) is 0 Å². The molecule has 2 nitrogen and oxygen atoms in total. The van der Waals surface area contributed by atoms with Crippen molar-refractivity contribution < 1.29 is 4.39 Å². The molecule has 1 N–H and O–H groups in total. The molecule has 0 aliphatic rings. The van der Waals surface area contributed by atoms with E-state index in [2.05, 4.69) is 47.2 Å². The van der Waals surface area contributed by atoms with Gasteiger partial charge in [0.15, 0.2) is 0 Å². The Kier molecular flexibility index (Phi) is 7.57. The summed E-state index contributed by atoms with van der Waals surface area (Å²) >= 11 is 3.29. The Morgan fingerprint density at radius 1 is 1.37 bits per heavy atom. The molecular formula is C15H24BrFN2. The minimum atomic E-state index is -0.123. The first-order chi connectivity index (χ1) is 9.02. The van der Waals surface area contributed by atoms with E-state index in [1.807, 2.05) is 12.1 Å². The Bertz CT molecular complexity index is 382. The van der Waals surface area contributed by atoms with Crippen LogP contribution in [0.25, 0.3) is 0 Å². The van der Waals surface area contributed by atoms with Crippen LogP contribution in [0.3, 0.4) is 0 Å². The zero-order valence-electron chi connectivity index (χ0n) is 12.0. The highest BCUT2D eigenvalue weighted by Gasteiger charge is 2.12. The summed E-state index contributed by atoms with van der Waals surface area (Å²) < 4.78 is 14.7. The molecule has 0 radical (unpaired) electrons. The van der Waals surface area contributed by atoms with Crippen molar-refractivity contribution in [1.29, 1.82) is 0 Å². The van der Waals surface area contributed by atoms with Crippen LogP contribution < -0.4 is 5.32 Å². The maximum atomic E-state index is 13.9. The number of hydrogen-bond acceptors (Lipinski definition) is 2. The summed E-state index contributed by atoms with van der Waals surface area (Å²) in [6.45, 7) is 4.14. The topological polar surface area (TPSA) is 15.3 Å². The Morgan fingerprint density at radius 2 is 2.11 bits per heavy atom. The summed E-state index contributed by atoms with van der Waals surface area (Å²) in [5.74, 6) is -0.123. The van der Waals surface area contributed by atoms with Crippen molar-refractivity contribution in [1.82, 2.24) is 10.2 Å². The van der Waals surface area contributed by atoms with Gasteiger partial charge in [0.25, 0.3) is 0 Å². The molecule has 0 saturated heterocycles. The Balaban J connectivity index is 2.63. The molecule has 0 bridgehead atoms.